The Labute approximate surface area is 160 Å². The molecular weight excluding hydrogens is 340 g/mol. The molecule has 27 heavy (non-hydrogen) atoms. The molecule has 0 saturated carbocycles. The minimum absolute atomic E-state index is 0.757. The van der Waals surface area contributed by atoms with Crippen molar-refractivity contribution in [2.24, 2.45) is 0 Å². The molecule has 3 saturated heterocycles. The number of piperidine rings is 1. The van der Waals surface area contributed by atoms with E-state index in [9.17, 15) is 0 Å². The van der Waals surface area contributed by atoms with Crippen LogP contribution < -0.4 is 4.90 Å². The molecule has 2 aromatic rings. The number of rotatable bonds is 4. The molecule has 0 radical (unpaired) electrons. The lowest BCUT2D eigenvalue weighted by atomic mass is 9.96. The number of ether oxygens (including phenoxy) is 1. The van der Waals surface area contributed by atoms with E-state index in [4.69, 9.17) is 4.74 Å². The van der Waals surface area contributed by atoms with Gasteiger partial charge in [0.15, 0.2) is 0 Å². The van der Waals surface area contributed by atoms with Crippen molar-refractivity contribution in [3.8, 4) is 5.69 Å². The first kappa shape index (κ1) is 17.2. The highest BCUT2D eigenvalue weighted by Gasteiger charge is 2.37. The van der Waals surface area contributed by atoms with E-state index in [-0.39, 0.29) is 0 Å². The van der Waals surface area contributed by atoms with Gasteiger partial charge in [0.05, 0.1) is 18.9 Å². The maximum atomic E-state index is 5.48. The van der Waals surface area contributed by atoms with E-state index in [1.807, 2.05) is 0 Å². The van der Waals surface area contributed by atoms with Crippen LogP contribution in [0.25, 0.3) is 5.69 Å². The minimum Gasteiger partial charge on any atom is -0.379 e. The van der Waals surface area contributed by atoms with Crippen LogP contribution in [0.4, 0.5) is 5.69 Å². The second-order valence-corrected chi connectivity index (χ2v) is 7.83. The summed E-state index contributed by atoms with van der Waals surface area (Å²) in [5.41, 5.74) is 2.37. The number of morpholine rings is 1. The van der Waals surface area contributed by atoms with Gasteiger partial charge in [-0.15, -0.1) is 0 Å². The van der Waals surface area contributed by atoms with Gasteiger partial charge < -0.3 is 9.64 Å². The molecule has 144 valence electrons. The quantitative estimate of drug-likeness (QED) is 0.810. The zero-order valence-electron chi connectivity index (χ0n) is 15.8. The van der Waals surface area contributed by atoms with Crippen LogP contribution >= 0.6 is 0 Å². The summed E-state index contributed by atoms with van der Waals surface area (Å²) in [4.78, 5) is 11.8. The summed E-state index contributed by atoms with van der Waals surface area (Å²) in [6.45, 7) is 8.82. The molecule has 3 aliphatic heterocycles. The average molecular weight is 368 g/mol. The molecule has 7 heteroatoms. The second kappa shape index (κ2) is 7.58. The van der Waals surface area contributed by atoms with Gasteiger partial charge in [0.1, 0.15) is 12.7 Å². The molecule has 0 atom stereocenters. The highest BCUT2D eigenvalue weighted by molar-refractivity contribution is 5.51. The Kier molecular flexibility index (Phi) is 4.82. The molecule has 0 aliphatic carbocycles. The summed E-state index contributed by atoms with van der Waals surface area (Å²) in [6.07, 6.45) is 5.83. The van der Waals surface area contributed by atoms with E-state index in [0.717, 1.165) is 57.2 Å². The topological polar surface area (TPSA) is 49.7 Å². The van der Waals surface area contributed by atoms with Crippen LogP contribution in [0.2, 0.25) is 0 Å². The van der Waals surface area contributed by atoms with Crippen molar-refractivity contribution >= 4 is 5.69 Å². The van der Waals surface area contributed by atoms with Crippen LogP contribution in [-0.4, -0.2) is 89.1 Å². The van der Waals surface area contributed by atoms with Crippen molar-refractivity contribution in [2.75, 3.05) is 57.4 Å². The molecule has 0 spiro atoms. The monoisotopic (exact) mass is 368 g/mol. The number of aromatic nitrogens is 3. The van der Waals surface area contributed by atoms with E-state index in [1.54, 1.807) is 17.3 Å². The predicted octanol–water partition coefficient (Wildman–Crippen LogP) is 1.25. The third-order valence-electron chi connectivity index (χ3n) is 6.33. The normalized spacial score (nSPS) is 23.5. The Morgan fingerprint density at radius 2 is 1.52 bits per heavy atom. The molecule has 3 fully saturated rings. The number of likely N-dealkylation sites (tertiary alicyclic amines) is 1. The molecule has 0 bridgehead atoms. The summed E-state index contributed by atoms with van der Waals surface area (Å²) in [5.74, 6) is 0. The van der Waals surface area contributed by atoms with Crippen molar-refractivity contribution in [2.45, 2.75) is 24.9 Å². The third-order valence-corrected chi connectivity index (χ3v) is 6.33. The maximum absolute atomic E-state index is 5.48. The molecule has 4 heterocycles. The Morgan fingerprint density at radius 3 is 2.19 bits per heavy atom. The molecular formula is C20H28N6O. The van der Waals surface area contributed by atoms with Gasteiger partial charge >= 0.3 is 0 Å². The standard InChI is InChI=1S/C20H28N6O/c1-3-19(26-16-21-15-22-26)4-2-17(1)23-7-5-18(6-8-23)25-13-20(14-25)24-9-11-27-12-10-24/h1-4,15-16,18,20H,5-14H2. The zero-order chi connectivity index (χ0) is 18.1. The lowest BCUT2D eigenvalue weighted by Crippen LogP contribution is -2.64. The largest absolute Gasteiger partial charge is 0.379 e. The number of hydrogen-bond donors (Lipinski definition) is 0. The van der Waals surface area contributed by atoms with Gasteiger partial charge in [-0.05, 0) is 37.1 Å². The van der Waals surface area contributed by atoms with Gasteiger partial charge in [0.25, 0.3) is 0 Å². The zero-order valence-corrected chi connectivity index (χ0v) is 15.8. The molecule has 3 aliphatic rings. The number of nitrogens with zero attached hydrogens (tertiary/aromatic N) is 6. The minimum atomic E-state index is 0.757. The van der Waals surface area contributed by atoms with Gasteiger partial charge in [-0.3, -0.25) is 9.80 Å². The average Bonchev–Trinajstić information content (AvgIpc) is 3.23. The summed E-state index contributed by atoms with van der Waals surface area (Å²) in [7, 11) is 0. The molecule has 0 N–H and O–H groups in total. The van der Waals surface area contributed by atoms with Gasteiger partial charge in [-0.2, -0.15) is 5.10 Å². The van der Waals surface area contributed by atoms with Crippen molar-refractivity contribution in [1.29, 1.82) is 0 Å². The van der Waals surface area contributed by atoms with Crippen LogP contribution in [0.15, 0.2) is 36.9 Å². The summed E-state index contributed by atoms with van der Waals surface area (Å²) in [5, 5.41) is 4.19. The Morgan fingerprint density at radius 1 is 0.815 bits per heavy atom. The fourth-order valence-electron chi connectivity index (χ4n) is 4.61. The highest BCUT2D eigenvalue weighted by atomic mass is 16.5. The molecule has 7 nitrogen and oxygen atoms in total. The van der Waals surface area contributed by atoms with Crippen LogP contribution in [0.3, 0.4) is 0 Å². The summed E-state index contributed by atoms with van der Waals surface area (Å²) < 4.78 is 7.27. The van der Waals surface area contributed by atoms with E-state index >= 15 is 0 Å². The van der Waals surface area contributed by atoms with E-state index < -0.39 is 0 Å². The number of benzene rings is 1. The molecule has 1 aromatic heterocycles. The summed E-state index contributed by atoms with van der Waals surface area (Å²) in [6, 6.07) is 10.2. The number of hydrogen-bond acceptors (Lipinski definition) is 6. The van der Waals surface area contributed by atoms with Gasteiger partial charge in [0.2, 0.25) is 0 Å². The lowest BCUT2D eigenvalue weighted by molar-refractivity contribution is -0.0481. The number of anilines is 1. The fraction of sp³-hybridized carbons (Fsp3) is 0.600. The first-order valence-corrected chi connectivity index (χ1v) is 10.1. The van der Waals surface area contributed by atoms with Crippen LogP contribution in [0, 0.1) is 0 Å². The SMILES string of the molecule is c1ncn(-c2ccc(N3CCC(N4CC(N5CCOCC5)C4)CC3)cc2)n1. The molecule has 0 unspecified atom stereocenters. The first-order chi connectivity index (χ1) is 13.4. The predicted molar refractivity (Wildman–Crippen MR) is 104 cm³/mol. The van der Waals surface area contributed by atoms with Crippen molar-refractivity contribution in [1.82, 2.24) is 24.6 Å². The van der Waals surface area contributed by atoms with Crippen LogP contribution in [0.5, 0.6) is 0 Å². The van der Waals surface area contributed by atoms with E-state index in [2.05, 4.69) is 49.0 Å². The Balaban J connectivity index is 1.11. The first-order valence-electron chi connectivity index (χ1n) is 10.1. The molecule has 1 aromatic carbocycles. The summed E-state index contributed by atoms with van der Waals surface area (Å²) >= 11 is 0. The van der Waals surface area contributed by atoms with Gasteiger partial charge in [-0.1, -0.05) is 0 Å². The van der Waals surface area contributed by atoms with Crippen molar-refractivity contribution < 1.29 is 4.74 Å². The van der Waals surface area contributed by atoms with E-state index in [0.29, 0.717) is 0 Å². The van der Waals surface area contributed by atoms with E-state index in [1.165, 1.54) is 31.6 Å². The molecule has 0 amide bonds. The van der Waals surface area contributed by atoms with Crippen LogP contribution in [-0.2, 0) is 4.74 Å². The maximum Gasteiger partial charge on any atom is 0.138 e. The van der Waals surface area contributed by atoms with Crippen molar-refractivity contribution in [3.05, 3.63) is 36.9 Å². The van der Waals surface area contributed by atoms with Crippen molar-refractivity contribution in [3.63, 3.8) is 0 Å². The highest BCUT2D eigenvalue weighted by Crippen LogP contribution is 2.27. The molecule has 5 rings (SSSR count). The lowest BCUT2D eigenvalue weighted by Gasteiger charge is -2.51. The smallest absolute Gasteiger partial charge is 0.138 e. The fourth-order valence-corrected chi connectivity index (χ4v) is 4.61. The third kappa shape index (κ3) is 3.59. The Bertz CT molecular complexity index is 713. The second-order valence-electron chi connectivity index (χ2n) is 7.83. The Hall–Kier alpha value is -1.96. The van der Waals surface area contributed by atoms with Crippen LogP contribution in [0.1, 0.15) is 12.8 Å². The van der Waals surface area contributed by atoms with Gasteiger partial charge in [-0.25, -0.2) is 9.67 Å². The van der Waals surface area contributed by atoms with Gasteiger partial charge in [0, 0.05) is 57.0 Å².